The van der Waals surface area contributed by atoms with Crippen molar-refractivity contribution in [2.45, 2.75) is 11.8 Å². The van der Waals surface area contributed by atoms with E-state index in [0.29, 0.717) is 6.54 Å². The molecular formula is C14H20I3NO5. The van der Waals surface area contributed by atoms with Gasteiger partial charge in [0.15, 0.2) is 0 Å². The number of anilines is 1. The van der Waals surface area contributed by atoms with Crippen molar-refractivity contribution < 1.29 is 25.5 Å². The first-order chi connectivity index (χ1) is 11.0. The average Bonchev–Trinajstić information content (AvgIpc) is 2.55. The van der Waals surface area contributed by atoms with Crippen LogP contribution in [-0.2, 0) is 0 Å². The molecule has 0 bridgehead atoms. The second-order valence-electron chi connectivity index (χ2n) is 4.92. The zero-order chi connectivity index (χ0) is 17.6. The Balaban J connectivity index is 3.65. The van der Waals surface area contributed by atoms with E-state index in [9.17, 15) is 20.4 Å². The highest BCUT2D eigenvalue weighted by atomic mass is 127. The number of rotatable bonds is 9. The van der Waals surface area contributed by atoms with Gasteiger partial charge in [-0.15, -0.1) is 0 Å². The van der Waals surface area contributed by atoms with E-state index in [2.05, 4.69) is 73.1 Å². The summed E-state index contributed by atoms with van der Waals surface area (Å²) >= 11 is 6.45. The Morgan fingerprint density at radius 1 is 0.696 bits per heavy atom. The van der Waals surface area contributed by atoms with Crippen LogP contribution in [0.3, 0.4) is 0 Å². The molecule has 0 heterocycles. The van der Waals surface area contributed by atoms with Crippen LogP contribution in [0.25, 0.3) is 0 Å². The molecule has 0 aromatic heterocycles. The van der Waals surface area contributed by atoms with Crippen LogP contribution in [0.5, 0.6) is 0 Å². The first kappa shape index (κ1) is 22.1. The predicted molar refractivity (Wildman–Crippen MR) is 114 cm³/mol. The highest BCUT2D eigenvalue weighted by Crippen LogP contribution is 2.41. The third-order valence-corrected chi connectivity index (χ3v) is 6.90. The molecule has 6 N–H and O–H groups in total. The summed E-state index contributed by atoms with van der Waals surface area (Å²) in [5.41, 5.74) is 2.36. The van der Waals surface area contributed by atoms with E-state index < -0.39 is 11.8 Å². The lowest BCUT2D eigenvalue weighted by atomic mass is 9.92. The van der Waals surface area contributed by atoms with Gasteiger partial charge in [0.05, 0.1) is 38.7 Å². The second kappa shape index (κ2) is 10.9. The highest BCUT2D eigenvalue weighted by Gasteiger charge is 2.28. The van der Waals surface area contributed by atoms with Gasteiger partial charge >= 0.3 is 0 Å². The van der Waals surface area contributed by atoms with Crippen LogP contribution in [0.4, 0.5) is 5.69 Å². The van der Waals surface area contributed by atoms with Crippen molar-refractivity contribution in [3.63, 3.8) is 0 Å². The van der Waals surface area contributed by atoms with Crippen LogP contribution in [0.15, 0.2) is 0 Å². The molecule has 0 spiro atoms. The van der Waals surface area contributed by atoms with Gasteiger partial charge in [-0.2, -0.15) is 0 Å². The number of halogens is 3. The van der Waals surface area contributed by atoms with Crippen molar-refractivity contribution in [2.24, 2.45) is 0 Å². The molecular weight excluding hydrogens is 643 g/mol. The van der Waals surface area contributed by atoms with Gasteiger partial charge in [-0.25, -0.2) is 0 Å². The van der Waals surface area contributed by atoms with E-state index in [4.69, 9.17) is 5.11 Å². The minimum atomic E-state index is -0.447. The fourth-order valence-electron chi connectivity index (χ4n) is 2.24. The summed E-state index contributed by atoms with van der Waals surface area (Å²) in [4.78, 5) is 0. The molecule has 0 aliphatic carbocycles. The lowest BCUT2D eigenvalue weighted by molar-refractivity contribution is 0.188. The summed E-state index contributed by atoms with van der Waals surface area (Å²) in [6.45, 7) is -0.488. The molecule has 0 atom stereocenters. The zero-order valence-electron chi connectivity index (χ0n) is 12.3. The lowest BCUT2D eigenvalue weighted by Gasteiger charge is -2.26. The number of hydrogen-bond donors (Lipinski definition) is 6. The third kappa shape index (κ3) is 5.01. The average molecular weight is 663 g/mol. The number of hydrogen-bond acceptors (Lipinski definition) is 6. The lowest BCUT2D eigenvalue weighted by Crippen LogP contribution is -2.21. The third-order valence-electron chi connectivity index (χ3n) is 3.50. The van der Waals surface area contributed by atoms with Crippen molar-refractivity contribution in [1.29, 1.82) is 0 Å². The van der Waals surface area contributed by atoms with E-state index in [1.807, 2.05) is 0 Å². The summed E-state index contributed by atoms with van der Waals surface area (Å²) in [6.07, 6.45) is 0. The summed E-state index contributed by atoms with van der Waals surface area (Å²) in [7, 11) is 0. The maximum atomic E-state index is 9.58. The molecule has 1 aromatic rings. The van der Waals surface area contributed by atoms with Crippen LogP contribution in [0, 0.1) is 10.7 Å². The smallest absolute Gasteiger partial charge is 0.0618 e. The quantitative estimate of drug-likeness (QED) is 0.221. The normalized spacial score (nSPS) is 11.6. The Kier molecular flexibility index (Phi) is 10.4. The molecule has 0 amide bonds. The van der Waals surface area contributed by atoms with Gasteiger partial charge < -0.3 is 30.8 Å². The molecule has 0 aliphatic heterocycles. The van der Waals surface area contributed by atoms with Crippen LogP contribution in [0.2, 0.25) is 0 Å². The largest absolute Gasteiger partial charge is 0.396 e. The molecule has 0 unspecified atom stereocenters. The molecule has 0 saturated carbocycles. The van der Waals surface area contributed by atoms with Gasteiger partial charge in [0.1, 0.15) is 0 Å². The minimum absolute atomic E-state index is 0.0321. The number of nitrogens with one attached hydrogen (secondary N) is 1. The van der Waals surface area contributed by atoms with Gasteiger partial charge in [0, 0.05) is 29.1 Å². The van der Waals surface area contributed by atoms with Gasteiger partial charge in [-0.1, -0.05) is 0 Å². The molecule has 6 nitrogen and oxygen atoms in total. The Bertz CT molecular complexity index is 483. The van der Waals surface area contributed by atoms with Gasteiger partial charge in [-0.05, 0) is 78.9 Å². The van der Waals surface area contributed by atoms with Crippen molar-refractivity contribution in [3.8, 4) is 0 Å². The Hall–Kier alpha value is 1.01. The molecule has 0 aliphatic rings. The topological polar surface area (TPSA) is 113 Å². The van der Waals surface area contributed by atoms with Gasteiger partial charge in [0.2, 0.25) is 0 Å². The second-order valence-corrected chi connectivity index (χ2v) is 8.16. The number of aliphatic hydroxyl groups is 5. The monoisotopic (exact) mass is 663 g/mol. The predicted octanol–water partition coefficient (Wildman–Crippen LogP) is 1.04. The maximum absolute atomic E-state index is 9.58. The zero-order valence-corrected chi connectivity index (χ0v) is 18.7. The molecule has 132 valence electrons. The fourth-order valence-corrected chi connectivity index (χ4v) is 7.55. The highest BCUT2D eigenvalue weighted by molar-refractivity contribution is 14.1. The van der Waals surface area contributed by atoms with Crippen molar-refractivity contribution >= 4 is 73.5 Å². The Morgan fingerprint density at radius 2 is 1.09 bits per heavy atom. The maximum Gasteiger partial charge on any atom is 0.0618 e. The molecule has 1 rings (SSSR count). The van der Waals surface area contributed by atoms with Crippen molar-refractivity contribution in [3.05, 3.63) is 21.8 Å². The SMILES string of the molecule is OCCNc1c(I)c(C(CO)CO)c(I)c(C(CO)CO)c1I. The molecule has 1 aromatic carbocycles. The minimum Gasteiger partial charge on any atom is -0.396 e. The summed E-state index contributed by atoms with van der Waals surface area (Å²) < 4.78 is 2.54. The number of aliphatic hydroxyl groups excluding tert-OH is 5. The Morgan fingerprint density at radius 3 is 1.39 bits per heavy atom. The molecule has 0 fully saturated rings. The van der Waals surface area contributed by atoms with E-state index in [1.54, 1.807) is 0 Å². The molecule has 0 radical (unpaired) electrons. The van der Waals surface area contributed by atoms with E-state index >= 15 is 0 Å². The molecule has 9 heteroatoms. The van der Waals surface area contributed by atoms with Gasteiger partial charge in [0.25, 0.3) is 0 Å². The first-order valence-electron chi connectivity index (χ1n) is 6.96. The van der Waals surface area contributed by atoms with E-state index in [0.717, 1.165) is 27.5 Å². The summed E-state index contributed by atoms with van der Waals surface area (Å²) in [5.74, 6) is -0.894. The van der Waals surface area contributed by atoms with Crippen LogP contribution in [-0.4, -0.2) is 65.1 Å². The van der Waals surface area contributed by atoms with Crippen molar-refractivity contribution in [1.82, 2.24) is 0 Å². The van der Waals surface area contributed by atoms with Crippen LogP contribution < -0.4 is 5.32 Å². The van der Waals surface area contributed by atoms with Crippen molar-refractivity contribution in [2.75, 3.05) is 44.9 Å². The summed E-state index contributed by atoms with van der Waals surface area (Å²) in [5, 5.41) is 50.6. The van der Waals surface area contributed by atoms with Crippen LogP contribution in [0.1, 0.15) is 23.0 Å². The van der Waals surface area contributed by atoms with E-state index in [1.165, 1.54) is 0 Å². The Labute approximate surface area is 176 Å². The van der Waals surface area contributed by atoms with Gasteiger partial charge in [-0.3, -0.25) is 0 Å². The number of benzene rings is 1. The molecule has 0 saturated heterocycles. The van der Waals surface area contributed by atoms with Crippen LogP contribution >= 0.6 is 67.8 Å². The first-order valence-corrected chi connectivity index (χ1v) is 10.2. The van der Waals surface area contributed by atoms with E-state index in [-0.39, 0.29) is 33.0 Å². The standard InChI is InChI=1S/C14H20I3NO5/c15-11-9(7(3-20)4-21)12(16)14(18-1-2-19)13(17)10(11)8(5-22)6-23/h7-8,18-23H,1-6H2. The summed E-state index contributed by atoms with van der Waals surface area (Å²) in [6, 6.07) is 0. The fraction of sp³-hybridized carbons (Fsp3) is 0.571. The molecule has 23 heavy (non-hydrogen) atoms.